The van der Waals surface area contributed by atoms with Crippen molar-refractivity contribution in [1.29, 1.82) is 0 Å². The number of ketones is 2. The van der Waals surface area contributed by atoms with E-state index in [-0.39, 0.29) is 40.6 Å². The van der Waals surface area contributed by atoms with Crippen LogP contribution in [0.2, 0.25) is 13.1 Å². The monoisotopic (exact) mass is 621 g/mol. The summed E-state index contributed by atoms with van der Waals surface area (Å²) in [5.41, 5.74) is 2.72. The second kappa shape index (κ2) is 7.75. The van der Waals surface area contributed by atoms with Gasteiger partial charge in [-0.25, -0.2) is 0 Å². The van der Waals surface area contributed by atoms with Crippen LogP contribution in [0.4, 0.5) is 15.2 Å². The second-order valence-corrected chi connectivity index (χ2v) is 18.9. The Morgan fingerprint density at radius 1 is 0.914 bits per heavy atom. The molecule has 0 atom stereocenters. The van der Waals surface area contributed by atoms with Crippen LogP contribution in [0.1, 0.15) is 25.2 Å². The molecule has 0 unspecified atom stereocenters. The van der Waals surface area contributed by atoms with E-state index in [0.29, 0.717) is 16.7 Å². The third kappa shape index (κ3) is 3.13. The molecule has 5 aromatic rings. The van der Waals surface area contributed by atoms with Gasteiger partial charge in [-0.3, -0.25) is 0 Å². The fourth-order valence-electron chi connectivity index (χ4n) is 5.21. The molecule has 7 heteroatoms. The second-order valence-electron chi connectivity index (χ2n) is 9.37. The molecule has 35 heavy (non-hydrogen) atoms. The van der Waals surface area contributed by atoms with Crippen molar-refractivity contribution in [1.82, 2.24) is 0 Å². The molecule has 3 nitrogen and oxygen atoms in total. The molecule has 0 radical (unpaired) electrons. The minimum absolute atomic E-state index is 0.00660. The molecule has 0 bridgehead atoms. The molecule has 0 fully saturated rings. The number of Topliss-reactive ketones (excluding diaryl/α,β-unsaturated/α-hetero) is 2. The van der Waals surface area contributed by atoms with Crippen LogP contribution in [0.25, 0.3) is 15.7 Å². The molecule has 3 aromatic heterocycles. The van der Waals surface area contributed by atoms with E-state index in [0.717, 1.165) is 9.82 Å². The number of anilines is 3. The minimum atomic E-state index is -1.75. The molecule has 2 aromatic carbocycles. The number of allylic oxidation sites excluding steroid dienone is 1. The number of carbonyl (C=O) groups excluding carboxylic acids is 2. The number of thiophene rings is 1. The number of fused-ring (bicyclic) bond motifs is 4. The molecular weight excluding hydrogens is 600 g/mol. The predicted octanol–water partition coefficient (Wildman–Crippen LogP) is 5.08. The number of hydrogen-bond donors (Lipinski definition) is 0. The van der Waals surface area contributed by atoms with Crippen molar-refractivity contribution in [2.24, 2.45) is 0 Å². The summed E-state index contributed by atoms with van der Waals surface area (Å²) in [5, 5.41) is 7.54. The summed E-state index contributed by atoms with van der Waals surface area (Å²) >= 11 is 2.04. The summed E-state index contributed by atoms with van der Waals surface area (Å²) in [7, 11) is -1.75. The zero-order valence-electron chi connectivity index (χ0n) is 19.0. The quantitative estimate of drug-likeness (QED) is 0.157. The Balaban J connectivity index is 1.30. The number of rotatable bonds is 2. The van der Waals surface area contributed by atoms with Crippen molar-refractivity contribution in [3.63, 3.8) is 0 Å². The summed E-state index contributed by atoms with van der Waals surface area (Å²) < 4.78 is 3.49. The van der Waals surface area contributed by atoms with E-state index >= 15 is 0 Å². The molecule has 4 heterocycles. The Bertz CT molecular complexity index is 1690. The first kappa shape index (κ1) is 21.8. The predicted molar refractivity (Wildman–Crippen MR) is 150 cm³/mol. The molecule has 170 valence electrons. The van der Waals surface area contributed by atoms with Crippen molar-refractivity contribution >= 4 is 101 Å². The van der Waals surface area contributed by atoms with Crippen LogP contribution in [0.3, 0.4) is 0 Å². The maximum absolute atomic E-state index is 13.2. The zero-order chi connectivity index (χ0) is 23.9. The van der Waals surface area contributed by atoms with Crippen LogP contribution < -0.4 is 15.3 Å². The van der Waals surface area contributed by atoms with Gasteiger partial charge >= 0.3 is 221 Å². The molecule has 0 saturated heterocycles. The molecule has 0 saturated carbocycles. The van der Waals surface area contributed by atoms with Crippen LogP contribution >= 0.6 is 11.3 Å². The topological polar surface area (TPSA) is 37.4 Å². The van der Waals surface area contributed by atoms with E-state index in [1.54, 1.807) is 11.3 Å². The standard InChI is InChI=1S/C28H19NO2SSe2Si/c1-35(2)23-6-4-3-5-21(23)29(28-24(35)9-11-32-28)25-8-7-17(34-25)14-20-26(30)18-13-16-10-12-33-22(16)15-19(18)27(20)31/h3-15H,1-2H3/b20-14+. The molecule has 7 rings (SSSR count). The van der Waals surface area contributed by atoms with Gasteiger partial charge in [-0.05, 0) is 0 Å². The van der Waals surface area contributed by atoms with Crippen LogP contribution in [-0.4, -0.2) is 48.6 Å². The third-order valence-corrected chi connectivity index (χ3v) is 15.6. The van der Waals surface area contributed by atoms with Gasteiger partial charge in [0.2, 0.25) is 0 Å². The Hall–Kier alpha value is -2.50. The van der Waals surface area contributed by atoms with Gasteiger partial charge in [-0.2, -0.15) is 0 Å². The molecule has 0 N–H and O–H groups in total. The Morgan fingerprint density at radius 2 is 1.71 bits per heavy atom. The number of carbonyl (C=O) groups is 2. The van der Waals surface area contributed by atoms with E-state index in [9.17, 15) is 9.59 Å². The van der Waals surface area contributed by atoms with Gasteiger partial charge in [0.15, 0.2) is 0 Å². The van der Waals surface area contributed by atoms with Gasteiger partial charge in [0.05, 0.1) is 0 Å². The van der Waals surface area contributed by atoms with Crippen LogP contribution in [0.5, 0.6) is 0 Å². The van der Waals surface area contributed by atoms with Gasteiger partial charge in [-0.15, -0.1) is 0 Å². The molecule has 2 aliphatic rings. The first-order valence-corrected chi connectivity index (χ1v) is 18.8. The summed E-state index contributed by atoms with van der Waals surface area (Å²) in [5.74, 6) is -0.264. The summed E-state index contributed by atoms with van der Waals surface area (Å²) in [6, 6.07) is 21.3. The van der Waals surface area contributed by atoms with E-state index in [1.165, 1.54) is 29.9 Å². The van der Waals surface area contributed by atoms with E-state index in [4.69, 9.17) is 0 Å². The molecule has 0 spiro atoms. The Morgan fingerprint density at radius 3 is 2.57 bits per heavy atom. The van der Waals surface area contributed by atoms with Gasteiger partial charge < -0.3 is 0 Å². The molecule has 0 amide bonds. The number of hydrogen-bond acceptors (Lipinski definition) is 4. The fraction of sp³-hybridized carbons (Fsp3) is 0.0714. The van der Waals surface area contributed by atoms with Crippen molar-refractivity contribution in [3.05, 3.63) is 92.1 Å². The average Bonchev–Trinajstić information content (AvgIpc) is 3.64. The van der Waals surface area contributed by atoms with E-state index in [1.807, 2.05) is 18.2 Å². The van der Waals surface area contributed by atoms with Gasteiger partial charge in [0, 0.05) is 0 Å². The molecule has 1 aliphatic heterocycles. The summed E-state index contributed by atoms with van der Waals surface area (Å²) in [6.45, 7) is 4.86. The summed E-state index contributed by atoms with van der Waals surface area (Å²) in [4.78, 5) is 30.9. The Labute approximate surface area is 219 Å². The molecular formula is C28H19NO2SSe2Si. The summed E-state index contributed by atoms with van der Waals surface area (Å²) in [6.07, 6.45) is 1.85. The van der Waals surface area contributed by atoms with Gasteiger partial charge in [-0.1, -0.05) is 0 Å². The fourth-order valence-corrected chi connectivity index (χ4v) is 13.8. The van der Waals surface area contributed by atoms with Crippen molar-refractivity contribution in [3.8, 4) is 0 Å². The van der Waals surface area contributed by atoms with Crippen molar-refractivity contribution in [2.75, 3.05) is 4.90 Å². The van der Waals surface area contributed by atoms with Crippen molar-refractivity contribution < 1.29 is 9.59 Å². The maximum atomic E-state index is 13.2. The van der Waals surface area contributed by atoms with E-state index < -0.39 is 8.07 Å². The van der Waals surface area contributed by atoms with Gasteiger partial charge in [0.25, 0.3) is 0 Å². The normalized spacial score (nSPS) is 17.2. The number of para-hydroxylation sites is 1. The SMILES string of the molecule is C[Si]1(C)c2ccccc2N(c2ccc(/C=C3\C(=O)c4cc5cc[se]c5cc4C3=O)[se]2)c2sccc21. The zero-order valence-corrected chi connectivity index (χ0v) is 24.2. The van der Waals surface area contributed by atoms with Crippen molar-refractivity contribution in [2.45, 2.75) is 13.1 Å². The Kier molecular flexibility index (Phi) is 4.81. The molecule has 1 aliphatic carbocycles. The first-order chi connectivity index (χ1) is 16.9. The van der Waals surface area contributed by atoms with Crippen LogP contribution in [0.15, 0.2) is 76.6 Å². The number of benzene rings is 2. The third-order valence-electron chi connectivity index (χ3n) is 7.03. The number of nitrogens with zero attached hydrogens (tertiary/aromatic N) is 1. The van der Waals surface area contributed by atoms with Crippen LogP contribution in [-0.2, 0) is 0 Å². The average molecular weight is 620 g/mol. The van der Waals surface area contributed by atoms with Gasteiger partial charge in [0.1, 0.15) is 0 Å². The van der Waals surface area contributed by atoms with E-state index in [2.05, 4.69) is 76.8 Å². The first-order valence-electron chi connectivity index (χ1n) is 11.3. The van der Waals surface area contributed by atoms with Crippen LogP contribution in [0, 0.1) is 0 Å².